The SMILES string of the molecule is Cc1cccc(C)c1C(=O)OC(CN(C)C)CN(C)C. The summed E-state index contributed by atoms with van der Waals surface area (Å²) in [6, 6.07) is 5.84. The van der Waals surface area contributed by atoms with E-state index in [2.05, 4.69) is 0 Å². The van der Waals surface area contributed by atoms with E-state index in [9.17, 15) is 4.79 Å². The summed E-state index contributed by atoms with van der Waals surface area (Å²) in [6.45, 7) is 5.32. The quantitative estimate of drug-likeness (QED) is 0.745. The predicted octanol–water partition coefficient (Wildman–Crippen LogP) is 1.95. The Balaban J connectivity index is 2.84. The maximum Gasteiger partial charge on any atom is 0.339 e. The van der Waals surface area contributed by atoms with Gasteiger partial charge in [-0.1, -0.05) is 18.2 Å². The molecule has 1 aromatic rings. The van der Waals surface area contributed by atoms with Crippen LogP contribution in [0.25, 0.3) is 0 Å². The van der Waals surface area contributed by atoms with Crippen molar-refractivity contribution in [2.75, 3.05) is 41.3 Å². The zero-order valence-electron chi connectivity index (χ0n) is 13.4. The van der Waals surface area contributed by atoms with Crippen molar-refractivity contribution in [1.82, 2.24) is 9.80 Å². The van der Waals surface area contributed by atoms with Crippen molar-refractivity contribution >= 4 is 5.97 Å². The Morgan fingerprint density at radius 1 is 1.05 bits per heavy atom. The first kappa shape index (κ1) is 16.7. The molecule has 0 fully saturated rings. The second-order valence-corrected chi connectivity index (χ2v) is 5.82. The number of esters is 1. The van der Waals surface area contributed by atoms with E-state index >= 15 is 0 Å². The van der Waals surface area contributed by atoms with Crippen LogP contribution in [0, 0.1) is 13.8 Å². The summed E-state index contributed by atoms with van der Waals surface area (Å²) in [6.07, 6.45) is -0.133. The van der Waals surface area contributed by atoms with Crippen LogP contribution in [0.5, 0.6) is 0 Å². The first-order chi connectivity index (χ1) is 9.31. The lowest BCUT2D eigenvalue weighted by Gasteiger charge is -2.25. The number of hydrogen-bond donors (Lipinski definition) is 0. The summed E-state index contributed by atoms with van der Waals surface area (Å²) in [5, 5.41) is 0. The average Bonchev–Trinajstić information content (AvgIpc) is 2.26. The summed E-state index contributed by atoms with van der Waals surface area (Å²) in [5.41, 5.74) is 2.61. The topological polar surface area (TPSA) is 32.8 Å². The molecule has 0 spiro atoms. The maximum absolute atomic E-state index is 12.4. The molecule has 112 valence electrons. The minimum atomic E-state index is -0.228. The third-order valence-corrected chi connectivity index (χ3v) is 3.10. The van der Waals surface area contributed by atoms with Crippen LogP contribution in [-0.2, 0) is 4.74 Å². The number of ether oxygens (including phenoxy) is 1. The molecule has 0 aliphatic heterocycles. The molecule has 0 heterocycles. The number of benzene rings is 1. The summed E-state index contributed by atoms with van der Waals surface area (Å²) < 4.78 is 5.70. The van der Waals surface area contributed by atoms with Gasteiger partial charge >= 0.3 is 5.97 Å². The molecule has 20 heavy (non-hydrogen) atoms. The number of rotatable bonds is 6. The van der Waals surface area contributed by atoms with Gasteiger partial charge in [0.05, 0.1) is 5.56 Å². The van der Waals surface area contributed by atoms with Gasteiger partial charge in [-0.25, -0.2) is 4.79 Å². The highest BCUT2D eigenvalue weighted by Crippen LogP contribution is 2.15. The predicted molar refractivity (Wildman–Crippen MR) is 82.2 cm³/mol. The summed E-state index contributed by atoms with van der Waals surface area (Å²) in [5.74, 6) is -0.228. The molecule has 0 aromatic heterocycles. The molecule has 0 N–H and O–H groups in total. The van der Waals surface area contributed by atoms with Crippen LogP contribution >= 0.6 is 0 Å². The molecule has 0 radical (unpaired) electrons. The van der Waals surface area contributed by atoms with Gasteiger partial charge in [0.15, 0.2) is 0 Å². The van der Waals surface area contributed by atoms with Gasteiger partial charge in [0.1, 0.15) is 6.10 Å². The fourth-order valence-electron chi connectivity index (χ4n) is 2.29. The molecule has 1 rings (SSSR count). The number of carbonyl (C=O) groups is 1. The van der Waals surface area contributed by atoms with Crippen LogP contribution in [-0.4, -0.2) is 63.2 Å². The minimum Gasteiger partial charge on any atom is -0.456 e. The van der Waals surface area contributed by atoms with Gasteiger partial charge in [-0.3, -0.25) is 0 Å². The lowest BCUT2D eigenvalue weighted by atomic mass is 10.0. The molecule has 0 amide bonds. The van der Waals surface area contributed by atoms with E-state index in [0.717, 1.165) is 24.2 Å². The molecule has 0 atom stereocenters. The van der Waals surface area contributed by atoms with Gasteiger partial charge in [-0.2, -0.15) is 0 Å². The molecule has 0 aliphatic rings. The maximum atomic E-state index is 12.4. The first-order valence-electron chi connectivity index (χ1n) is 6.88. The van der Waals surface area contributed by atoms with Crippen molar-refractivity contribution in [1.29, 1.82) is 0 Å². The fourth-order valence-corrected chi connectivity index (χ4v) is 2.29. The van der Waals surface area contributed by atoms with Crippen LogP contribution in [0.15, 0.2) is 18.2 Å². The Morgan fingerprint density at radius 3 is 1.90 bits per heavy atom. The van der Waals surface area contributed by atoms with E-state index in [4.69, 9.17) is 4.74 Å². The summed E-state index contributed by atoms with van der Waals surface area (Å²) >= 11 is 0. The lowest BCUT2D eigenvalue weighted by molar-refractivity contribution is 0.0175. The highest BCUT2D eigenvalue weighted by Gasteiger charge is 2.20. The molecular weight excluding hydrogens is 252 g/mol. The number of carbonyl (C=O) groups excluding carboxylic acids is 1. The van der Waals surface area contributed by atoms with Crippen molar-refractivity contribution < 1.29 is 9.53 Å². The van der Waals surface area contributed by atoms with E-state index in [-0.39, 0.29) is 12.1 Å². The Kier molecular flexibility index (Phi) is 6.17. The highest BCUT2D eigenvalue weighted by atomic mass is 16.5. The highest BCUT2D eigenvalue weighted by molar-refractivity contribution is 5.92. The largest absolute Gasteiger partial charge is 0.456 e. The van der Waals surface area contributed by atoms with Gasteiger partial charge in [0.2, 0.25) is 0 Å². The van der Waals surface area contributed by atoms with Gasteiger partial charge in [-0.15, -0.1) is 0 Å². The van der Waals surface area contributed by atoms with Gasteiger partial charge in [0, 0.05) is 13.1 Å². The molecule has 0 aliphatic carbocycles. The van der Waals surface area contributed by atoms with Crippen LogP contribution < -0.4 is 0 Å². The third-order valence-electron chi connectivity index (χ3n) is 3.10. The number of hydrogen-bond acceptors (Lipinski definition) is 4. The Labute approximate surface area is 122 Å². The van der Waals surface area contributed by atoms with Gasteiger partial charge < -0.3 is 14.5 Å². The Hall–Kier alpha value is -1.39. The van der Waals surface area contributed by atoms with Gasteiger partial charge in [-0.05, 0) is 53.2 Å². The standard InChI is InChI=1S/C16H26N2O2/c1-12-8-7-9-13(2)15(12)16(19)20-14(10-17(3)4)11-18(5)6/h7-9,14H,10-11H2,1-6H3. The molecule has 0 unspecified atom stereocenters. The summed E-state index contributed by atoms with van der Waals surface area (Å²) in [7, 11) is 7.93. The number of likely N-dealkylation sites (N-methyl/N-ethyl adjacent to an activating group) is 2. The van der Waals surface area contributed by atoms with Crippen molar-refractivity contribution in [2.45, 2.75) is 20.0 Å². The smallest absolute Gasteiger partial charge is 0.339 e. The zero-order valence-corrected chi connectivity index (χ0v) is 13.4. The Bertz CT molecular complexity index is 426. The lowest BCUT2D eigenvalue weighted by Crippen LogP contribution is -2.38. The van der Waals surface area contributed by atoms with E-state index in [1.165, 1.54) is 0 Å². The van der Waals surface area contributed by atoms with Crippen LogP contribution in [0.3, 0.4) is 0 Å². The average molecular weight is 278 g/mol. The Morgan fingerprint density at radius 2 is 1.50 bits per heavy atom. The minimum absolute atomic E-state index is 0.133. The zero-order chi connectivity index (χ0) is 15.3. The van der Waals surface area contributed by atoms with Crippen molar-refractivity contribution in [3.8, 4) is 0 Å². The molecule has 0 saturated heterocycles. The van der Waals surface area contributed by atoms with Crippen LogP contribution in [0.2, 0.25) is 0 Å². The van der Waals surface area contributed by atoms with Crippen molar-refractivity contribution in [2.24, 2.45) is 0 Å². The van der Waals surface area contributed by atoms with Crippen LogP contribution in [0.1, 0.15) is 21.5 Å². The third kappa shape index (κ3) is 4.94. The van der Waals surface area contributed by atoms with Gasteiger partial charge in [0.25, 0.3) is 0 Å². The van der Waals surface area contributed by atoms with E-state index in [1.54, 1.807) is 0 Å². The normalized spacial score (nSPS) is 11.4. The van der Waals surface area contributed by atoms with E-state index < -0.39 is 0 Å². The fraction of sp³-hybridized carbons (Fsp3) is 0.562. The molecular formula is C16H26N2O2. The molecule has 4 nitrogen and oxygen atoms in total. The van der Waals surface area contributed by atoms with Crippen molar-refractivity contribution in [3.05, 3.63) is 34.9 Å². The molecule has 1 aromatic carbocycles. The molecule has 4 heteroatoms. The van der Waals surface area contributed by atoms with Crippen molar-refractivity contribution in [3.63, 3.8) is 0 Å². The van der Waals surface area contributed by atoms with Crippen LogP contribution in [0.4, 0.5) is 0 Å². The second kappa shape index (κ2) is 7.41. The first-order valence-corrected chi connectivity index (χ1v) is 6.88. The monoisotopic (exact) mass is 278 g/mol. The second-order valence-electron chi connectivity index (χ2n) is 5.82. The number of aryl methyl sites for hydroxylation is 2. The van der Waals surface area contributed by atoms with E-state index in [0.29, 0.717) is 5.56 Å². The summed E-state index contributed by atoms with van der Waals surface area (Å²) in [4.78, 5) is 16.5. The molecule has 0 saturated carbocycles. The number of nitrogens with zero attached hydrogens (tertiary/aromatic N) is 2. The van der Waals surface area contributed by atoms with E-state index in [1.807, 2.05) is 70.0 Å². The molecule has 0 bridgehead atoms.